The Morgan fingerprint density at radius 2 is 1.74 bits per heavy atom. The van der Waals surface area contributed by atoms with Gasteiger partial charge in [0, 0.05) is 31.9 Å². The van der Waals surface area contributed by atoms with E-state index >= 15 is 0 Å². The number of benzene rings is 2. The second kappa shape index (κ2) is 10.3. The molecule has 0 aliphatic carbocycles. The van der Waals surface area contributed by atoms with Crippen LogP contribution in [0.1, 0.15) is 36.5 Å². The monoisotopic (exact) mass is 443 g/mol. The fourth-order valence-corrected chi connectivity index (χ4v) is 4.59. The predicted molar refractivity (Wildman–Crippen MR) is 125 cm³/mol. The molecule has 2 aromatic carbocycles. The van der Waals surface area contributed by atoms with E-state index in [1.165, 1.54) is 22.8 Å². The molecule has 7 heteroatoms. The van der Waals surface area contributed by atoms with E-state index in [4.69, 9.17) is 0 Å². The summed E-state index contributed by atoms with van der Waals surface area (Å²) >= 11 is 0. The van der Waals surface area contributed by atoms with Crippen molar-refractivity contribution in [1.82, 2.24) is 9.62 Å². The molecule has 1 fully saturated rings. The van der Waals surface area contributed by atoms with Gasteiger partial charge in [-0.05, 0) is 48.9 Å². The Labute approximate surface area is 186 Å². The van der Waals surface area contributed by atoms with Crippen LogP contribution in [0.3, 0.4) is 0 Å². The number of anilines is 1. The summed E-state index contributed by atoms with van der Waals surface area (Å²) in [5, 5.41) is 2.84. The molecule has 6 nitrogen and oxygen atoms in total. The molecule has 0 bridgehead atoms. The number of aryl methyl sites for hydroxylation is 1. The first-order valence-corrected chi connectivity index (χ1v) is 12.7. The van der Waals surface area contributed by atoms with E-state index < -0.39 is 10.0 Å². The Hall–Kier alpha value is -2.38. The molecular weight excluding hydrogens is 410 g/mol. The Morgan fingerprint density at radius 3 is 2.35 bits per heavy atom. The summed E-state index contributed by atoms with van der Waals surface area (Å²) in [4.78, 5) is 14.9. The molecule has 3 rings (SSSR count). The van der Waals surface area contributed by atoms with Crippen molar-refractivity contribution in [2.45, 2.75) is 39.8 Å². The van der Waals surface area contributed by atoms with E-state index in [2.05, 4.69) is 29.3 Å². The average molecular weight is 444 g/mol. The molecule has 0 saturated carbocycles. The quantitative estimate of drug-likeness (QED) is 0.680. The van der Waals surface area contributed by atoms with Gasteiger partial charge < -0.3 is 10.2 Å². The van der Waals surface area contributed by atoms with Gasteiger partial charge in [0.05, 0.1) is 12.8 Å². The zero-order valence-electron chi connectivity index (χ0n) is 18.7. The van der Waals surface area contributed by atoms with Gasteiger partial charge in [0.15, 0.2) is 0 Å². The molecular formula is C24H33N3O3S. The highest BCUT2D eigenvalue weighted by molar-refractivity contribution is 7.88. The standard InChI is InChI=1S/C24H33N3O3S/c1-19-6-8-22(9-7-19)17-27(31(3,29)30)18-24(28)25-15-21-10-12-23(13-11-21)26-14-4-5-20(2)16-26/h6-13,20H,4-5,14-18H2,1-3H3,(H,25,28). The number of rotatable bonds is 8. The largest absolute Gasteiger partial charge is 0.371 e. The topological polar surface area (TPSA) is 69.7 Å². The highest BCUT2D eigenvalue weighted by Crippen LogP contribution is 2.23. The van der Waals surface area contributed by atoms with Crippen LogP contribution in [0.15, 0.2) is 48.5 Å². The van der Waals surface area contributed by atoms with Crippen molar-refractivity contribution in [2.75, 3.05) is 30.8 Å². The van der Waals surface area contributed by atoms with Crippen LogP contribution < -0.4 is 10.2 Å². The second-order valence-corrected chi connectivity index (χ2v) is 10.6. The molecule has 31 heavy (non-hydrogen) atoms. The van der Waals surface area contributed by atoms with E-state index in [0.29, 0.717) is 12.5 Å². The number of hydrogen-bond acceptors (Lipinski definition) is 4. The van der Waals surface area contributed by atoms with Gasteiger partial charge in [0.25, 0.3) is 0 Å². The zero-order valence-corrected chi connectivity index (χ0v) is 19.5. The summed E-state index contributed by atoms with van der Waals surface area (Å²) in [6.45, 7) is 6.78. The number of nitrogens with zero attached hydrogens (tertiary/aromatic N) is 2. The molecule has 0 aromatic heterocycles. The van der Waals surface area contributed by atoms with Gasteiger partial charge in [-0.2, -0.15) is 4.31 Å². The highest BCUT2D eigenvalue weighted by Gasteiger charge is 2.20. The Morgan fingerprint density at radius 1 is 1.10 bits per heavy atom. The third-order valence-electron chi connectivity index (χ3n) is 5.72. The first kappa shape index (κ1) is 23.3. The molecule has 1 amide bonds. The van der Waals surface area contributed by atoms with E-state index in [-0.39, 0.29) is 19.0 Å². The van der Waals surface area contributed by atoms with E-state index in [1.807, 2.05) is 43.3 Å². The van der Waals surface area contributed by atoms with Crippen LogP contribution >= 0.6 is 0 Å². The molecule has 1 saturated heterocycles. The fourth-order valence-electron chi connectivity index (χ4n) is 3.85. The number of carbonyl (C=O) groups is 1. The van der Waals surface area contributed by atoms with Crippen molar-refractivity contribution in [1.29, 1.82) is 0 Å². The summed E-state index contributed by atoms with van der Waals surface area (Å²) in [6.07, 6.45) is 3.64. The SMILES string of the molecule is Cc1ccc(CN(CC(=O)NCc2ccc(N3CCCC(C)C3)cc2)S(C)(=O)=O)cc1. The van der Waals surface area contributed by atoms with Crippen molar-refractivity contribution in [3.63, 3.8) is 0 Å². The van der Waals surface area contributed by atoms with Gasteiger partial charge in [-0.15, -0.1) is 0 Å². The lowest BCUT2D eigenvalue weighted by atomic mass is 9.99. The normalized spacial score (nSPS) is 17.0. The fraction of sp³-hybridized carbons (Fsp3) is 0.458. The lowest BCUT2D eigenvalue weighted by Crippen LogP contribution is -2.39. The first-order valence-electron chi connectivity index (χ1n) is 10.8. The minimum Gasteiger partial charge on any atom is -0.371 e. The molecule has 168 valence electrons. The zero-order chi connectivity index (χ0) is 22.4. The second-order valence-electron chi connectivity index (χ2n) is 8.65. The van der Waals surface area contributed by atoms with Crippen molar-refractivity contribution >= 4 is 21.6 Å². The molecule has 2 aromatic rings. The van der Waals surface area contributed by atoms with Crippen LogP contribution in [0.2, 0.25) is 0 Å². The van der Waals surface area contributed by atoms with Crippen LogP contribution in [0.4, 0.5) is 5.69 Å². The number of amides is 1. The van der Waals surface area contributed by atoms with Crippen LogP contribution in [-0.4, -0.2) is 44.5 Å². The number of carbonyl (C=O) groups excluding carboxylic acids is 1. The number of sulfonamides is 1. The lowest BCUT2D eigenvalue weighted by molar-refractivity contribution is -0.121. The highest BCUT2D eigenvalue weighted by atomic mass is 32.2. The number of hydrogen-bond donors (Lipinski definition) is 1. The third-order valence-corrected chi connectivity index (χ3v) is 6.91. The summed E-state index contributed by atoms with van der Waals surface area (Å²) in [5.41, 5.74) is 4.16. The summed E-state index contributed by atoms with van der Waals surface area (Å²) < 4.78 is 25.5. The summed E-state index contributed by atoms with van der Waals surface area (Å²) in [6, 6.07) is 15.9. The smallest absolute Gasteiger partial charge is 0.235 e. The van der Waals surface area contributed by atoms with Crippen LogP contribution in [0.5, 0.6) is 0 Å². The van der Waals surface area contributed by atoms with Gasteiger partial charge in [-0.3, -0.25) is 4.79 Å². The molecule has 1 aliphatic rings. The third kappa shape index (κ3) is 7.08. The van der Waals surface area contributed by atoms with Crippen LogP contribution in [0, 0.1) is 12.8 Å². The maximum absolute atomic E-state index is 12.4. The number of piperidine rings is 1. The molecule has 0 radical (unpaired) electrons. The molecule has 0 spiro atoms. The van der Waals surface area contributed by atoms with Gasteiger partial charge in [-0.1, -0.05) is 48.9 Å². The van der Waals surface area contributed by atoms with Gasteiger partial charge >= 0.3 is 0 Å². The van der Waals surface area contributed by atoms with E-state index in [0.717, 1.165) is 36.0 Å². The Bertz CT molecular complexity index is 972. The maximum atomic E-state index is 12.4. The predicted octanol–water partition coefficient (Wildman–Crippen LogP) is 3.31. The minimum absolute atomic E-state index is 0.176. The Balaban J connectivity index is 1.54. The van der Waals surface area contributed by atoms with E-state index in [9.17, 15) is 13.2 Å². The lowest BCUT2D eigenvalue weighted by Gasteiger charge is -2.32. The Kier molecular flexibility index (Phi) is 7.73. The van der Waals surface area contributed by atoms with E-state index in [1.54, 1.807) is 0 Å². The first-order chi connectivity index (χ1) is 14.7. The van der Waals surface area contributed by atoms with Gasteiger partial charge in [0.2, 0.25) is 15.9 Å². The van der Waals surface area contributed by atoms with Crippen molar-refractivity contribution in [3.05, 3.63) is 65.2 Å². The summed E-state index contributed by atoms with van der Waals surface area (Å²) in [5.74, 6) is 0.400. The van der Waals surface area contributed by atoms with Crippen LogP contribution in [0.25, 0.3) is 0 Å². The van der Waals surface area contributed by atoms with Crippen molar-refractivity contribution in [3.8, 4) is 0 Å². The molecule has 1 atom stereocenters. The van der Waals surface area contributed by atoms with Crippen molar-refractivity contribution in [2.24, 2.45) is 5.92 Å². The van der Waals surface area contributed by atoms with Gasteiger partial charge in [0.1, 0.15) is 0 Å². The molecule has 1 heterocycles. The maximum Gasteiger partial charge on any atom is 0.235 e. The molecule has 1 N–H and O–H groups in total. The minimum atomic E-state index is -3.51. The van der Waals surface area contributed by atoms with Crippen molar-refractivity contribution < 1.29 is 13.2 Å². The number of nitrogens with one attached hydrogen (secondary N) is 1. The van der Waals surface area contributed by atoms with Crippen LogP contribution in [-0.2, 0) is 27.9 Å². The summed E-state index contributed by atoms with van der Waals surface area (Å²) in [7, 11) is -3.51. The average Bonchev–Trinajstić information content (AvgIpc) is 2.73. The molecule has 1 unspecified atom stereocenters. The molecule has 1 aliphatic heterocycles. The van der Waals surface area contributed by atoms with Gasteiger partial charge in [-0.25, -0.2) is 8.42 Å².